The molecular formula is C16H28N4O2S2. The highest BCUT2D eigenvalue weighted by Crippen LogP contribution is 2.34. The zero-order chi connectivity index (χ0) is 17.2. The van der Waals surface area contributed by atoms with E-state index in [1.165, 1.54) is 41.4 Å². The summed E-state index contributed by atoms with van der Waals surface area (Å²) in [6.07, 6.45) is 6.61. The van der Waals surface area contributed by atoms with Crippen LogP contribution in [-0.2, 0) is 16.8 Å². The molecule has 6 nitrogen and oxygen atoms in total. The second-order valence-corrected chi connectivity index (χ2v) is 10.0. The third-order valence-electron chi connectivity index (χ3n) is 5.03. The molecule has 8 heteroatoms. The van der Waals surface area contributed by atoms with Gasteiger partial charge < -0.3 is 0 Å². The van der Waals surface area contributed by atoms with Crippen molar-refractivity contribution in [1.82, 2.24) is 18.5 Å². The highest BCUT2D eigenvalue weighted by molar-refractivity contribution is 7.86. The van der Waals surface area contributed by atoms with Crippen LogP contribution in [0.15, 0.2) is 5.38 Å². The molecule has 24 heavy (non-hydrogen) atoms. The van der Waals surface area contributed by atoms with Crippen LogP contribution in [0.3, 0.4) is 0 Å². The van der Waals surface area contributed by atoms with Crippen molar-refractivity contribution in [3.05, 3.63) is 16.1 Å². The average molecular weight is 373 g/mol. The normalized spacial score (nSPS) is 22.3. The van der Waals surface area contributed by atoms with Gasteiger partial charge >= 0.3 is 0 Å². The van der Waals surface area contributed by atoms with E-state index in [0.717, 1.165) is 25.3 Å². The van der Waals surface area contributed by atoms with Gasteiger partial charge in [0, 0.05) is 58.1 Å². The highest BCUT2D eigenvalue weighted by atomic mass is 32.2. The Morgan fingerprint density at radius 3 is 2.46 bits per heavy atom. The Balaban J connectivity index is 1.52. The van der Waals surface area contributed by atoms with Crippen LogP contribution < -0.4 is 0 Å². The summed E-state index contributed by atoms with van der Waals surface area (Å²) >= 11 is 1.80. The van der Waals surface area contributed by atoms with Gasteiger partial charge in [-0.25, -0.2) is 4.98 Å². The average Bonchev–Trinajstić information content (AvgIpc) is 3.04. The highest BCUT2D eigenvalue weighted by Gasteiger charge is 2.28. The number of rotatable bonds is 5. The SMILES string of the molecule is CN(C)S(=O)(=O)N1CCN(Cc2csc(C3CCCCC3)n2)CC1. The molecule has 2 aliphatic rings. The van der Waals surface area contributed by atoms with Crippen molar-refractivity contribution in [1.29, 1.82) is 0 Å². The molecule has 1 aliphatic carbocycles. The topological polar surface area (TPSA) is 56.8 Å². The van der Waals surface area contributed by atoms with E-state index in [1.54, 1.807) is 29.7 Å². The molecule has 1 aromatic heterocycles. The van der Waals surface area contributed by atoms with Crippen LogP contribution in [0.2, 0.25) is 0 Å². The van der Waals surface area contributed by atoms with Gasteiger partial charge in [0.1, 0.15) is 0 Å². The lowest BCUT2D eigenvalue weighted by Crippen LogP contribution is -2.51. The van der Waals surface area contributed by atoms with Gasteiger partial charge in [0.05, 0.1) is 10.7 Å². The molecule has 1 saturated carbocycles. The molecule has 3 rings (SSSR count). The van der Waals surface area contributed by atoms with Gasteiger partial charge in [-0.05, 0) is 12.8 Å². The molecule has 1 aliphatic heterocycles. The molecule has 2 heterocycles. The third kappa shape index (κ3) is 4.16. The monoisotopic (exact) mass is 372 g/mol. The fourth-order valence-corrected chi connectivity index (χ4v) is 5.58. The van der Waals surface area contributed by atoms with Gasteiger partial charge in [-0.3, -0.25) is 4.90 Å². The predicted molar refractivity (Wildman–Crippen MR) is 97.4 cm³/mol. The second kappa shape index (κ2) is 7.78. The first-order valence-electron chi connectivity index (χ1n) is 8.81. The molecular weight excluding hydrogens is 344 g/mol. The van der Waals surface area contributed by atoms with Crippen LogP contribution in [0, 0.1) is 0 Å². The minimum absolute atomic E-state index is 0.556. The summed E-state index contributed by atoms with van der Waals surface area (Å²) in [6, 6.07) is 0. The lowest BCUT2D eigenvalue weighted by Gasteiger charge is -2.34. The van der Waals surface area contributed by atoms with Crippen LogP contribution in [0.4, 0.5) is 0 Å². The molecule has 1 saturated heterocycles. The molecule has 0 aromatic carbocycles. The Morgan fingerprint density at radius 2 is 1.83 bits per heavy atom. The first kappa shape index (κ1) is 18.3. The standard InChI is InChI=1S/C16H28N4O2S2/c1-18(2)24(21,22)20-10-8-19(9-11-20)12-15-13-23-16(17-15)14-6-4-3-5-7-14/h13-14H,3-12H2,1-2H3. The van der Waals surface area contributed by atoms with Gasteiger partial charge in [0.25, 0.3) is 10.2 Å². The fourth-order valence-electron chi connectivity index (χ4n) is 3.51. The molecule has 0 radical (unpaired) electrons. The summed E-state index contributed by atoms with van der Waals surface area (Å²) in [5, 5.41) is 3.49. The number of nitrogens with zero attached hydrogens (tertiary/aromatic N) is 4. The van der Waals surface area contributed by atoms with E-state index in [4.69, 9.17) is 4.98 Å². The van der Waals surface area contributed by atoms with E-state index in [-0.39, 0.29) is 0 Å². The summed E-state index contributed by atoms with van der Waals surface area (Å²) in [5.74, 6) is 0.666. The largest absolute Gasteiger partial charge is 0.295 e. The maximum absolute atomic E-state index is 12.2. The molecule has 0 spiro atoms. The Labute approximate surface area is 149 Å². The zero-order valence-corrected chi connectivity index (χ0v) is 16.3. The van der Waals surface area contributed by atoms with Crippen molar-refractivity contribution >= 4 is 21.5 Å². The number of aromatic nitrogens is 1. The van der Waals surface area contributed by atoms with Gasteiger partial charge in [-0.15, -0.1) is 11.3 Å². The smallest absolute Gasteiger partial charge is 0.281 e. The number of hydrogen-bond donors (Lipinski definition) is 0. The van der Waals surface area contributed by atoms with E-state index in [1.807, 2.05) is 0 Å². The van der Waals surface area contributed by atoms with Crippen LogP contribution in [-0.4, -0.2) is 67.2 Å². The summed E-state index contributed by atoms with van der Waals surface area (Å²) in [5.41, 5.74) is 1.14. The summed E-state index contributed by atoms with van der Waals surface area (Å²) in [7, 11) is -0.106. The first-order chi connectivity index (χ1) is 11.5. The van der Waals surface area contributed by atoms with Gasteiger partial charge in [-0.1, -0.05) is 19.3 Å². The second-order valence-electron chi connectivity index (χ2n) is 6.98. The molecule has 136 valence electrons. The van der Waals surface area contributed by atoms with Crippen molar-refractivity contribution in [3.8, 4) is 0 Å². The lowest BCUT2D eigenvalue weighted by molar-refractivity contribution is 0.176. The maximum atomic E-state index is 12.2. The molecule has 0 atom stereocenters. The number of hydrogen-bond acceptors (Lipinski definition) is 5. The zero-order valence-electron chi connectivity index (χ0n) is 14.6. The van der Waals surface area contributed by atoms with Crippen LogP contribution in [0.1, 0.15) is 48.7 Å². The molecule has 0 bridgehead atoms. The van der Waals surface area contributed by atoms with Crippen LogP contribution >= 0.6 is 11.3 Å². The molecule has 0 N–H and O–H groups in total. The summed E-state index contributed by atoms with van der Waals surface area (Å²) < 4.78 is 27.2. The van der Waals surface area contributed by atoms with Crippen LogP contribution in [0.5, 0.6) is 0 Å². The van der Waals surface area contributed by atoms with Crippen molar-refractivity contribution in [3.63, 3.8) is 0 Å². The van der Waals surface area contributed by atoms with E-state index >= 15 is 0 Å². The quantitative estimate of drug-likeness (QED) is 0.794. The van der Waals surface area contributed by atoms with E-state index in [0.29, 0.717) is 19.0 Å². The molecule has 0 unspecified atom stereocenters. The first-order valence-corrected chi connectivity index (χ1v) is 11.1. The Bertz CT molecular complexity index is 630. The lowest BCUT2D eigenvalue weighted by atomic mass is 9.90. The minimum atomic E-state index is -3.28. The van der Waals surface area contributed by atoms with Gasteiger partial charge in [0.15, 0.2) is 0 Å². The maximum Gasteiger partial charge on any atom is 0.281 e. The minimum Gasteiger partial charge on any atom is -0.295 e. The predicted octanol–water partition coefficient (Wildman–Crippen LogP) is 2.11. The Hall–Kier alpha value is -0.540. The van der Waals surface area contributed by atoms with Crippen molar-refractivity contribution in [2.24, 2.45) is 0 Å². The van der Waals surface area contributed by atoms with Crippen molar-refractivity contribution in [2.45, 2.75) is 44.6 Å². The molecule has 1 aromatic rings. The molecule has 2 fully saturated rings. The van der Waals surface area contributed by atoms with E-state index < -0.39 is 10.2 Å². The van der Waals surface area contributed by atoms with Crippen molar-refractivity contribution < 1.29 is 8.42 Å². The summed E-state index contributed by atoms with van der Waals surface area (Å²) in [6.45, 7) is 3.48. The Morgan fingerprint density at radius 1 is 1.17 bits per heavy atom. The molecule has 0 amide bonds. The third-order valence-corrected chi connectivity index (χ3v) is 8.03. The van der Waals surface area contributed by atoms with E-state index in [9.17, 15) is 8.42 Å². The summed E-state index contributed by atoms with van der Waals surface area (Å²) in [4.78, 5) is 7.17. The Kier molecular flexibility index (Phi) is 5.92. The number of piperazine rings is 1. The van der Waals surface area contributed by atoms with Gasteiger partial charge in [-0.2, -0.15) is 17.0 Å². The van der Waals surface area contributed by atoms with Gasteiger partial charge in [0.2, 0.25) is 0 Å². The number of thiazole rings is 1. The van der Waals surface area contributed by atoms with Crippen molar-refractivity contribution in [2.75, 3.05) is 40.3 Å². The van der Waals surface area contributed by atoms with E-state index in [2.05, 4.69) is 10.3 Å². The fraction of sp³-hybridized carbons (Fsp3) is 0.812. The van der Waals surface area contributed by atoms with Crippen LogP contribution in [0.25, 0.3) is 0 Å².